The maximum Gasteiger partial charge on any atom is 0.337 e. The van der Waals surface area contributed by atoms with Crippen molar-refractivity contribution >= 4 is 46.5 Å². The number of benzene rings is 1. The van der Waals surface area contributed by atoms with E-state index in [-0.39, 0.29) is 34.8 Å². The third-order valence-corrected chi connectivity index (χ3v) is 6.49. The van der Waals surface area contributed by atoms with Crippen LogP contribution in [0.25, 0.3) is 0 Å². The van der Waals surface area contributed by atoms with Crippen LogP contribution in [0.1, 0.15) is 63.7 Å². The number of aromatic carboxylic acids is 1. The van der Waals surface area contributed by atoms with Crippen LogP contribution < -0.4 is 31.9 Å². The van der Waals surface area contributed by atoms with Crippen molar-refractivity contribution in [2.75, 3.05) is 20.7 Å². The van der Waals surface area contributed by atoms with Gasteiger partial charge in [-0.2, -0.15) is 9.97 Å². The molecule has 34 heavy (non-hydrogen) atoms. The number of nitrogens with two attached hydrogens (primary N) is 1. The number of carboxylic acids is 1. The maximum absolute atomic E-state index is 11.4. The van der Waals surface area contributed by atoms with Gasteiger partial charge in [0.15, 0.2) is 11.6 Å². The Morgan fingerprint density at radius 2 is 1.88 bits per heavy atom. The van der Waals surface area contributed by atoms with E-state index in [1.54, 1.807) is 12.1 Å². The normalized spacial score (nSPS) is 20.1. The molecule has 0 amide bonds. The Kier molecular flexibility index (Phi) is 7.01. The van der Waals surface area contributed by atoms with E-state index in [0.717, 1.165) is 37.2 Å². The molecule has 0 bridgehead atoms. The Hall–Kier alpha value is -2.82. The molecule has 1 saturated carbocycles. The van der Waals surface area contributed by atoms with Gasteiger partial charge in [-0.05, 0) is 58.7 Å². The molecule has 0 spiro atoms. The van der Waals surface area contributed by atoms with E-state index in [1.807, 2.05) is 10.0 Å². The number of nitrogens with one attached hydrogen (secondary N) is 3. The van der Waals surface area contributed by atoms with E-state index in [0.29, 0.717) is 17.5 Å². The van der Waals surface area contributed by atoms with Crippen LogP contribution in [-0.2, 0) is 0 Å². The number of aromatic nitrogens is 2. The van der Waals surface area contributed by atoms with Crippen LogP contribution in [0.5, 0.6) is 0 Å². The summed E-state index contributed by atoms with van der Waals surface area (Å²) in [5, 5.41) is 20.3. The van der Waals surface area contributed by atoms with Gasteiger partial charge in [0.2, 0.25) is 5.95 Å². The summed E-state index contributed by atoms with van der Waals surface area (Å²) in [5.74, 6) is 0.758. The first kappa shape index (κ1) is 24.3. The van der Waals surface area contributed by atoms with Crippen molar-refractivity contribution in [3.05, 3.63) is 28.8 Å². The Balaban J connectivity index is 1.76. The fourth-order valence-electron chi connectivity index (χ4n) is 4.34. The Morgan fingerprint density at radius 1 is 1.18 bits per heavy atom. The summed E-state index contributed by atoms with van der Waals surface area (Å²) in [4.78, 5) is 21.1. The van der Waals surface area contributed by atoms with Gasteiger partial charge < -0.3 is 21.5 Å². The number of anilines is 5. The zero-order chi connectivity index (χ0) is 24.6. The molecule has 2 atom stereocenters. The van der Waals surface area contributed by atoms with Gasteiger partial charge in [0.25, 0.3) is 0 Å². The van der Waals surface area contributed by atoms with Crippen molar-refractivity contribution in [2.45, 2.75) is 77.5 Å². The molecule has 1 aromatic carbocycles. The van der Waals surface area contributed by atoms with E-state index < -0.39 is 5.97 Å². The van der Waals surface area contributed by atoms with Crippen LogP contribution in [0, 0.1) is 0 Å². The lowest BCUT2D eigenvalue weighted by atomic mass is 9.91. The van der Waals surface area contributed by atoms with Gasteiger partial charge in [-0.15, -0.1) is 5.53 Å². The highest BCUT2D eigenvalue weighted by Crippen LogP contribution is 2.41. The van der Waals surface area contributed by atoms with E-state index >= 15 is 0 Å². The number of carbonyl (C=O) groups is 1. The summed E-state index contributed by atoms with van der Waals surface area (Å²) in [5.41, 5.74) is 11.3. The minimum absolute atomic E-state index is 0.0465. The second kappa shape index (κ2) is 9.81. The van der Waals surface area contributed by atoms with Crippen molar-refractivity contribution in [2.24, 2.45) is 5.73 Å². The molecule has 2 heterocycles. The molecule has 2 unspecified atom stereocenters. The quantitative estimate of drug-likeness (QED) is 0.387. The second-order valence-corrected chi connectivity index (χ2v) is 9.83. The Morgan fingerprint density at radius 3 is 2.50 bits per heavy atom. The minimum atomic E-state index is -1.07. The number of rotatable bonds is 7. The number of nitrogens with zero attached hydrogens (tertiary/aromatic N) is 4. The molecule has 184 valence electrons. The average molecular weight is 489 g/mol. The van der Waals surface area contributed by atoms with E-state index in [4.69, 9.17) is 27.3 Å². The molecule has 1 fully saturated rings. The predicted octanol–water partition coefficient (Wildman–Crippen LogP) is 4.12. The number of halogens is 1. The molecular formula is C23H33ClN8O2. The lowest BCUT2D eigenvalue weighted by Gasteiger charge is -2.29. The molecule has 2 aromatic rings. The van der Waals surface area contributed by atoms with Gasteiger partial charge in [0, 0.05) is 29.9 Å². The van der Waals surface area contributed by atoms with Crippen molar-refractivity contribution in [3.63, 3.8) is 0 Å². The first-order valence-corrected chi connectivity index (χ1v) is 12.1. The zero-order valence-corrected chi connectivity index (χ0v) is 20.7. The number of fused-ring (bicyclic) bond motifs is 1. The fourth-order valence-corrected chi connectivity index (χ4v) is 4.60. The van der Waals surface area contributed by atoms with Crippen LogP contribution in [0.15, 0.2) is 18.2 Å². The minimum Gasteiger partial charge on any atom is -0.478 e. The van der Waals surface area contributed by atoms with Crippen molar-refractivity contribution in [1.29, 1.82) is 0 Å². The van der Waals surface area contributed by atoms with Crippen LogP contribution in [0.3, 0.4) is 0 Å². The van der Waals surface area contributed by atoms with Gasteiger partial charge in [-0.25, -0.2) is 4.79 Å². The smallest absolute Gasteiger partial charge is 0.337 e. The molecule has 0 saturated heterocycles. The number of hydrogen-bond donors (Lipinski definition) is 5. The number of hydrazine groups is 2. The average Bonchev–Trinajstić information content (AvgIpc) is 3.16. The van der Waals surface area contributed by atoms with E-state index in [1.165, 1.54) is 6.07 Å². The van der Waals surface area contributed by atoms with Crippen LogP contribution >= 0.6 is 11.6 Å². The Bertz CT molecular complexity index is 1060. The molecule has 0 radical (unpaired) electrons. The summed E-state index contributed by atoms with van der Waals surface area (Å²) < 4.78 is 0. The third kappa shape index (κ3) is 4.84. The second-order valence-electron chi connectivity index (χ2n) is 9.42. The molecule has 10 nitrogen and oxygen atoms in total. The molecule has 6 N–H and O–H groups in total. The van der Waals surface area contributed by atoms with Crippen LogP contribution in [0.4, 0.5) is 29.0 Å². The van der Waals surface area contributed by atoms with Crippen LogP contribution in [0.2, 0.25) is 5.02 Å². The first-order valence-electron chi connectivity index (χ1n) is 11.7. The van der Waals surface area contributed by atoms with Crippen molar-refractivity contribution in [3.8, 4) is 0 Å². The highest BCUT2D eigenvalue weighted by molar-refractivity contribution is 6.33. The van der Waals surface area contributed by atoms with Gasteiger partial charge >= 0.3 is 5.97 Å². The summed E-state index contributed by atoms with van der Waals surface area (Å²) >= 11 is 6.22. The molecule has 2 aliphatic rings. The molecule has 1 aliphatic carbocycles. The van der Waals surface area contributed by atoms with Gasteiger partial charge in [-0.1, -0.05) is 24.4 Å². The van der Waals surface area contributed by atoms with E-state index in [9.17, 15) is 9.90 Å². The van der Waals surface area contributed by atoms with Gasteiger partial charge in [0.05, 0.1) is 10.6 Å². The SMILES string of the molecule is CC(C)N1NN(C(C)C)c2c(Nc3ccc(C(=O)O)c(Cl)c3)nc(NC3CCCCC3N)nc21. The monoisotopic (exact) mass is 488 g/mol. The molecule has 11 heteroatoms. The number of carboxylic acid groups (broad SMARTS) is 1. The van der Waals surface area contributed by atoms with Crippen molar-refractivity contribution in [1.82, 2.24) is 15.5 Å². The molecular weight excluding hydrogens is 456 g/mol. The topological polar surface area (TPSA) is 132 Å². The largest absolute Gasteiger partial charge is 0.478 e. The summed E-state index contributed by atoms with van der Waals surface area (Å²) in [7, 11) is 0. The molecule has 4 rings (SSSR count). The van der Waals surface area contributed by atoms with Gasteiger partial charge in [0.1, 0.15) is 5.69 Å². The highest BCUT2D eigenvalue weighted by atomic mass is 35.5. The van der Waals surface area contributed by atoms with E-state index in [2.05, 4.69) is 43.9 Å². The number of hydrogen-bond acceptors (Lipinski definition) is 9. The fraction of sp³-hybridized carbons (Fsp3) is 0.522. The molecule has 1 aromatic heterocycles. The van der Waals surface area contributed by atoms with Crippen molar-refractivity contribution < 1.29 is 9.90 Å². The molecule has 1 aliphatic heterocycles. The summed E-state index contributed by atoms with van der Waals surface area (Å²) in [6.45, 7) is 8.33. The van der Waals surface area contributed by atoms with Crippen LogP contribution in [-0.4, -0.2) is 45.2 Å². The lowest BCUT2D eigenvalue weighted by Crippen LogP contribution is -2.50. The van der Waals surface area contributed by atoms with Gasteiger partial charge in [-0.3, -0.25) is 10.0 Å². The summed E-state index contributed by atoms with van der Waals surface area (Å²) in [6.07, 6.45) is 4.21. The maximum atomic E-state index is 11.4. The lowest BCUT2D eigenvalue weighted by molar-refractivity contribution is 0.0697. The highest BCUT2D eigenvalue weighted by Gasteiger charge is 2.35. The summed E-state index contributed by atoms with van der Waals surface area (Å²) in [6, 6.07) is 5.16. The first-order chi connectivity index (χ1) is 16.2. The Labute approximate surface area is 204 Å². The standard InChI is InChI=1S/C23H33ClN8O2/c1-12(2)31-19-20(26-14-9-10-15(22(33)34)16(24)11-14)28-23(27-18-8-6-5-7-17(18)25)29-21(19)32(30-31)13(3)4/h9-13,17-18,30H,5-8,25H2,1-4H3,(H,33,34)(H2,26,27,28,29). The third-order valence-electron chi connectivity index (χ3n) is 6.18. The predicted molar refractivity (Wildman–Crippen MR) is 136 cm³/mol. The zero-order valence-electron chi connectivity index (χ0n) is 20.0.